The van der Waals surface area contributed by atoms with E-state index < -0.39 is 22.7 Å². The smallest absolute Gasteiger partial charge is 0.314 e. The molecule has 2 atom stereocenters. The maximum Gasteiger partial charge on any atom is 0.314 e. The molecule has 19 heavy (non-hydrogen) atoms. The van der Waals surface area contributed by atoms with Crippen LogP contribution >= 0.6 is 0 Å². The number of hydrogen-bond donors (Lipinski definition) is 2. The lowest BCUT2D eigenvalue weighted by atomic mass is 9.87. The van der Waals surface area contributed by atoms with Crippen LogP contribution in [0.1, 0.15) is 25.5 Å². The van der Waals surface area contributed by atoms with E-state index in [-0.39, 0.29) is 11.4 Å². The number of nitrogens with two attached hydrogens (primary N) is 1. The first kappa shape index (κ1) is 13.6. The standard InChI is InChI=1S/C12H16N2O5/c1-12(2)11(15)10(13)6-4-9(18-3)7(14(16)17)5-8(6)19-12/h4-5,10-11,15H,13H2,1-3H3. The molecular formula is C12H16N2O5. The minimum absolute atomic E-state index is 0.0923. The third-order valence-corrected chi connectivity index (χ3v) is 3.29. The minimum Gasteiger partial charge on any atom is -0.490 e. The van der Waals surface area contributed by atoms with Crippen LogP contribution in [-0.4, -0.2) is 28.8 Å². The normalized spacial score (nSPS) is 24.3. The van der Waals surface area contributed by atoms with Crippen LogP contribution in [-0.2, 0) is 0 Å². The molecule has 0 saturated carbocycles. The van der Waals surface area contributed by atoms with Gasteiger partial charge >= 0.3 is 5.69 Å². The number of nitro groups is 1. The zero-order valence-corrected chi connectivity index (χ0v) is 10.9. The number of ether oxygens (including phenoxy) is 2. The van der Waals surface area contributed by atoms with Gasteiger partial charge in [-0.05, 0) is 19.9 Å². The van der Waals surface area contributed by atoms with Crippen LogP contribution < -0.4 is 15.2 Å². The summed E-state index contributed by atoms with van der Waals surface area (Å²) in [5.41, 5.74) is 5.35. The summed E-state index contributed by atoms with van der Waals surface area (Å²) in [5, 5.41) is 21.0. The average molecular weight is 268 g/mol. The number of benzene rings is 1. The van der Waals surface area contributed by atoms with E-state index in [9.17, 15) is 15.2 Å². The van der Waals surface area contributed by atoms with E-state index >= 15 is 0 Å². The third kappa shape index (κ3) is 2.11. The number of rotatable bonds is 2. The predicted molar refractivity (Wildman–Crippen MR) is 67.3 cm³/mol. The van der Waals surface area contributed by atoms with E-state index in [1.165, 1.54) is 19.2 Å². The van der Waals surface area contributed by atoms with E-state index in [0.29, 0.717) is 11.3 Å². The van der Waals surface area contributed by atoms with Crippen LogP contribution in [0.5, 0.6) is 11.5 Å². The second-order valence-corrected chi connectivity index (χ2v) is 5.00. The molecule has 7 heteroatoms. The quantitative estimate of drug-likeness (QED) is 0.615. The van der Waals surface area contributed by atoms with Crippen molar-refractivity contribution < 1.29 is 19.5 Å². The number of aliphatic hydroxyl groups excluding tert-OH is 1. The Kier molecular flexibility index (Phi) is 3.11. The zero-order chi connectivity index (χ0) is 14.4. The van der Waals surface area contributed by atoms with Gasteiger partial charge in [0.05, 0.1) is 24.1 Å². The van der Waals surface area contributed by atoms with Crippen molar-refractivity contribution >= 4 is 5.69 Å². The summed E-state index contributed by atoms with van der Waals surface area (Å²) in [4.78, 5) is 10.4. The fraction of sp³-hybridized carbons (Fsp3) is 0.500. The van der Waals surface area contributed by atoms with Gasteiger partial charge in [0, 0.05) is 5.56 Å². The molecule has 1 heterocycles. The maximum absolute atomic E-state index is 11.0. The van der Waals surface area contributed by atoms with Crippen LogP contribution in [0.15, 0.2) is 12.1 Å². The lowest BCUT2D eigenvalue weighted by molar-refractivity contribution is -0.385. The van der Waals surface area contributed by atoms with E-state index in [0.717, 1.165) is 0 Å². The van der Waals surface area contributed by atoms with Crippen molar-refractivity contribution in [1.82, 2.24) is 0 Å². The van der Waals surface area contributed by atoms with Crippen molar-refractivity contribution in [2.24, 2.45) is 5.73 Å². The Hall–Kier alpha value is -1.86. The number of nitrogens with zero attached hydrogens (tertiary/aromatic N) is 1. The first-order valence-electron chi connectivity index (χ1n) is 5.77. The Morgan fingerprint density at radius 3 is 2.68 bits per heavy atom. The zero-order valence-electron chi connectivity index (χ0n) is 10.9. The highest BCUT2D eigenvalue weighted by molar-refractivity contribution is 5.57. The molecule has 1 aliphatic rings. The molecule has 0 bridgehead atoms. The SMILES string of the molecule is COc1cc2c(cc1[N+](=O)[O-])OC(C)(C)C(O)C2N. The molecule has 104 valence electrons. The molecule has 2 rings (SSSR count). The lowest BCUT2D eigenvalue weighted by Crippen LogP contribution is -2.51. The van der Waals surface area contributed by atoms with Gasteiger partial charge in [-0.2, -0.15) is 0 Å². The molecule has 0 saturated heterocycles. The summed E-state index contributed by atoms with van der Waals surface area (Å²) in [5.74, 6) is 0.394. The van der Waals surface area contributed by atoms with Gasteiger partial charge in [-0.25, -0.2) is 0 Å². The van der Waals surface area contributed by atoms with Gasteiger partial charge in [0.25, 0.3) is 0 Å². The predicted octanol–water partition coefficient (Wildman–Crippen LogP) is 1.14. The fourth-order valence-corrected chi connectivity index (χ4v) is 2.17. The Balaban J connectivity index is 2.60. The molecule has 7 nitrogen and oxygen atoms in total. The molecule has 0 aromatic heterocycles. The molecule has 3 N–H and O–H groups in total. The van der Waals surface area contributed by atoms with E-state index in [4.69, 9.17) is 15.2 Å². The van der Waals surface area contributed by atoms with Gasteiger partial charge in [-0.3, -0.25) is 10.1 Å². The average Bonchev–Trinajstić information content (AvgIpc) is 2.34. The van der Waals surface area contributed by atoms with Crippen molar-refractivity contribution in [3.05, 3.63) is 27.8 Å². The number of hydrogen-bond acceptors (Lipinski definition) is 6. The molecule has 0 spiro atoms. The molecule has 2 unspecified atom stereocenters. The van der Waals surface area contributed by atoms with Crippen LogP contribution in [0, 0.1) is 10.1 Å². The van der Waals surface area contributed by atoms with Crippen molar-refractivity contribution in [3.63, 3.8) is 0 Å². The Labute approximate surface area is 110 Å². The summed E-state index contributed by atoms with van der Waals surface area (Å²) < 4.78 is 10.6. The van der Waals surface area contributed by atoms with E-state index in [2.05, 4.69) is 0 Å². The van der Waals surface area contributed by atoms with Gasteiger partial charge in [0.2, 0.25) is 0 Å². The Morgan fingerprint density at radius 1 is 1.53 bits per heavy atom. The van der Waals surface area contributed by atoms with Crippen LogP contribution in [0.3, 0.4) is 0 Å². The fourth-order valence-electron chi connectivity index (χ4n) is 2.17. The molecular weight excluding hydrogens is 252 g/mol. The number of fused-ring (bicyclic) bond motifs is 1. The minimum atomic E-state index is -0.911. The van der Waals surface area contributed by atoms with Crippen molar-refractivity contribution in [1.29, 1.82) is 0 Å². The summed E-state index contributed by atoms with van der Waals surface area (Å²) >= 11 is 0. The highest BCUT2D eigenvalue weighted by Gasteiger charge is 2.42. The van der Waals surface area contributed by atoms with Gasteiger partial charge in [0.1, 0.15) is 17.5 Å². The van der Waals surface area contributed by atoms with Crippen molar-refractivity contribution in [2.75, 3.05) is 7.11 Å². The monoisotopic (exact) mass is 268 g/mol. The third-order valence-electron chi connectivity index (χ3n) is 3.29. The number of methoxy groups -OCH3 is 1. The molecule has 1 aromatic carbocycles. The topological polar surface area (TPSA) is 108 Å². The summed E-state index contributed by atoms with van der Waals surface area (Å²) in [7, 11) is 1.34. The first-order valence-corrected chi connectivity index (χ1v) is 5.77. The molecule has 0 aliphatic carbocycles. The van der Waals surface area contributed by atoms with Gasteiger partial charge in [0.15, 0.2) is 5.75 Å². The van der Waals surface area contributed by atoms with E-state index in [1.54, 1.807) is 13.8 Å². The second-order valence-electron chi connectivity index (χ2n) is 5.00. The maximum atomic E-state index is 11.0. The molecule has 0 amide bonds. The largest absolute Gasteiger partial charge is 0.490 e. The van der Waals surface area contributed by atoms with Gasteiger partial charge in [-0.1, -0.05) is 0 Å². The van der Waals surface area contributed by atoms with Gasteiger partial charge < -0.3 is 20.3 Å². The molecule has 1 aromatic rings. The summed E-state index contributed by atoms with van der Waals surface area (Å²) in [6.45, 7) is 3.35. The number of aliphatic hydroxyl groups is 1. The van der Waals surface area contributed by atoms with Crippen molar-refractivity contribution in [2.45, 2.75) is 31.6 Å². The molecule has 1 aliphatic heterocycles. The first-order chi connectivity index (χ1) is 8.77. The van der Waals surface area contributed by atoms with Crippen LogP contribution in [0.4, 0.5) is 5.69 Å². The van der Waals surface area contributed by atoms with E-state index in [1.807, 2.05) is 0 Å². The highest BCUT2D eigenvalue weighted by atomic mass is 16.6. The second kappa shape index (κ2) is 4.36. The molecule has 0 radical (unpaired) electrons. The summed E-state index contributed by atoms with van der Waals surface area (Å²) in [6, 6.07) is 2.03. The number of nitro benzene ring substituents is 1. The van der Waals surface area contributed by atoms with Crippen LogP contribution in [0.25, 0.3) is 0 Å². The van der Waals surface area contributed by atoms with Crippen molar-refractivity contribution in [3.8, 4) is 11.5 Å². The van der Waals surface area contributed by atoms with Crippen LogP contribution in [0.2, 0.25) is 0 Å². The summed E-state index contributed by atoms with van der Waals surface area (Å²) in [6.07, 6.45) is -0.911. The van der Waals surface area contributed by atoms with Gasteiger partial charge in [-0.15, -0.1) is 0 Å². The lowest BCUT2D eigenvalue weighted by Gasteiger charge is -2.40. The molecule has 0 fully saturated rings. The Morgan fingerprint density at radius 2 is 2.16 bits per heavy atom. The highest BCUT2D eigenvalue weighted by Crippen LogP contribution is 2.43. The Bertz CT molecular complexity index is 529.